The Morgan fingerprint density at radius 3 is 2.35 bits per heavy atom. The van der Waals surface area contributed by atoms with Crippen LogP contribution in [0.4, 0.5) is 10.1 Å². The number of aromatic nitrogens is 4. The summed E-state index contributed by atoms with van der Waals surface area (Å²) in [5.41, 5.74) is 0.961. The van der Waals surface area contributed by atoms with E-state index in [0.717, 1.165) is 25.7 Å². The van der Waals surface area contributed by atoms with Crippen LogP contribution < -0.4 is 16.0 Å². The second-order valence-electron chi connectivity index (χ2n) is 13.3. The Kier molecular flexibility index (Phi) is 11.4. The Hall–Kier alpha value is -4.66. The summed E-state index contributed by atoms with van der Waals surface area (Å²) in [5.74, 6) is -2.82. The van der Waals surface area contributed by atoms with Crippen LogP contribution in [0.2, 0.25) is 0 Å². The van der Waals surface area contributed by atoms with Gasteiger partial charge in [-0.05, 0) is 74.5 Å². The van der Waals surface area contributed by atoms with Crippen molar-refractivity contribution in [3.05, 3.63) is 58.9 Å². The van der Waals surface area contributed by atoms with Crippen LogP contribution in [0.25, 0.3) is 0 Å². The van der Waals surface area contributed by atoms with Crippen molar-refractivity contribution in [2.75, 3.05) is 38.5 Å². The van der Waals surface area contributed by atoms with Gasteiger partial charge in [0.25, 0.3) is 11.8 Å². The summed E-state index contributed by atoms with van der Waals surface area (Å²) in [6, 6.07) is 4.00. The molecule has 3 atom stereocenters. The van der Waals surface area contributed by atoms with E-state index in [-0.39, 0.29) is 28.9 Å². The number of benzene rings is 1. The average Bonchev–Trinajstić information content (AvgIpc) is 3.76. The van der Waals surface area contributed by atoms with E-state index in [1.54, 1.807) is 35.6 Å². The number of aryl methyl sites for hydroxylation is 2. The lowest BCUT2D eigenvalue weighted by atomic mass is 9.79. The average molecular weight is 680 g/mol. The number of nitrogens with zero attached hydrogens (tertiary/aromatic N) is 6. The number of likely N-dealkylation sites (N-methyl/N-ethyl adjacent to an activating group) is 1. The second kappa shape index (κ2) is 15.7. The maximum atomic E-state index is 15.8. The third kappa shape index (κ3) is 8.32. The maximum absolute atomic E-state index is 15.8. The quantitative estimate of drug-likeness (QED) is 0.276. The van der Waals surface area contributed by atoms with Gasteiger partial charge in [0.2, 0.25) is 11.8 Å². The fraction of sp³-hybridized carbons (Fsp3) is 0.559. The number of amides is 4. The molecule has 1 saturated carbocycles. The van der Waals surface area contributed by atoms with Crippen LogP contribution in [-0.2, 0) is 16.1 Å². The zero-order valence-corrected chi connectivity index (χ0v) is 28.7. The van der Waals surface area contributed by atoms with Crippen LogP contribution in [0.15, 0.2) is 35.1 Å². The summed E-state index contributed by atoms with van der Waals surface area (Å²) in [7, 11) is 1.97. The van der Waals surface area contributed by atoms with E-state index < -0.39 is 41.5 Å². The highest BCUT2D eigenvalue weighted by Crippen LogP contribution is 2.32. The predicted octanol–water partition coefficient (Wildman–Crippen LogP) is 2.97. The summed E-state index contributed by atoms with van der Waals surface area (Å²) < 4.78 is 22.0. The molecule has 4 amide bonds. The first-order valence-corrected chi connectivity index (χ1v) is 17.0. The Morgan fingerprint density at radius 1 is 1.00 bits per heavy atom. The lowest BCUT2D eigenvalue weighted by molar-refractivity contribution is -0.135. The number of hydrogen-bond donors (Lipinski definition) is 3. The molecule has 3 aromatic rings. The highest BCUT2D eigenvalue weighted by molar-refractivity contribution is 6.01. The number of carbonyl (C=O) groups excluding carboxylic acids is 4. The molecule has 2 aromatic heterocycles. The van der Waals surface area contributed by atoms with Crippen molar-refractivity contribution >= 4 is 29.3 Å². The van der Waals surface area contributed by atoms with E-state index in [1.807, 2.05) is 14.0 Å². The van der Waals surface area contributed by atoms with Crippen molar-refractivity contribution in [1.82, 2.24) is 40.5 Å². The van der Waals surface area contributed by atoms with Gasteiger partial charge in [0.05, 0.1) is 5.69 Å². The van der Waals surface area contributed by atoms with Gasteiger partial charge in [-0.1, -0.05) is 37.9 Å². The van der Waals surface area contributed by atoms with Crippen LogP contribution in [-0.4, -0.2) is 98.8 Å². The topological polar surface area (TPSA) is 168 Å². The molecule has 0 unspecified atom stereocenters. The van der Waals surface area contributed by atoms with Gasteiger partial charge >= 0.3 is 0 Å². The summed E-state index contributed by atoms with van der Waals surface area (Å²) in [6.07, 6.45) is 4.90. The molecule has 14 nitrogen and oxygen atoms in total. The molecule has 0 radical (unpaired) electrons. The number of anilines is 1. The van der Waals surface area contributed by atoms with Gasteiger partial charge in [-0.3, -0.25) is 23.9 Å². The molecule has 2 fully saturated rings. The summed E-state index contributed by atoms with van der Waals surface area (Å²) in [5, 5.41) is 19.9. The van der Waals surface area contributed by atoms with Crippen molar-refractivity contribution in [3.8, 4) is 0 Å². The largest absolute Gasteiger partial charge is 0.339 e. The van der Waals surface area contributed by atoms with Crippen molar-refractivity contribution in [2.45, 2.75) is 77.9 Å². The molecule has 1 aromatic carbocycles. The molecule has 5 rings (SSSR count). The molecule has 0 bridgehead atoms. The van der Waals surface area contributed by atoms with E-state index in [9.17, 15) is 19.2 Å². The van der Waals surface area contributed by atoms with Gasteiger partial charge in [-0.2, -0.15) is 5.10 Å². The van der Waals surface area contributed by atoms with Gasteiger partial charge in [-0.15, -0.1) is 0 Å². The lowest BCUT2D eigenvalue weighted by Crippen LogP contribution is -2.55. The number of piperazine rings is 1. The van der Waals surface area contributed by atoms with Gasteiger partial charge in [0.1, 0.15) is 29.3 Å². The van der Waals surface area contributed by atoms with E-state index in [1.165, 1.54) is 18.3 Å². The zero-order valence-electron chi connectivity index (χ0n) is 28.7. The lowest BCUT2D eigenvalue weighted by Gasteiger charge is -2.36. The summed E-state index contributed by atoms with van der Waals surface area (Å²) >= 11 is 0. The summed E-state index contributed by atoms with van der Waals surface area (Å²) in [4.78, 5) is 57.8. The van der Waals surface area contributed by atoms with Gasteiger partial charge in [0.15, 0.2) is 5.69 Å². The third-order valence-electron chi connectivity index (χ3n) is 9.86. The molecule has 1 aliphatic heterocycles. The van der Waals surface area contributed by atoms with E-state index in [2.05, 4.69) is 47.8 Å². The van der Waals surface area contributed by atoms with Crippen LogP contribution in [0.5, 0.6) is 0 Å². The monoisotopic (exact) mass is 679 g/mol. The first-order valence-electron chi connectivity index (χ1n) is 17.0. The van der Waals surface area contributed by atoms with Gasteiger partial charge < -0.3 is 25.8 Å². The van der Waals surface area contributed by atoms with Crippen LogP contribution in [0.1, 0.15) is 84.6 Å². The molecule has 1 saturated heterocycles. The highest BCUT2D eigenvalue weighted by atomic mass is 19.1. The van der Waals surface area contributed by atoms with E-state index in [4.69, 9.17) is 0 Å². The predicted molar refractivity (Wildman–Crippen MR) is 178 cm³/mol. The minimum atomic E-state index is -1.04. The minimum absolute atomic E-state index is 0.0409. The van der Waals surface area contributed by atoms with Crippen LogP contribution >= 0.6 is 0 Å². The van der Waals surface area contributed by atoms with Crippen molar-refractivity contribution < 1.29 is 28.2 Å². The zero-order chi connectivity index (χ0) is 35.2. The Morgan fingerprint density at radius 2 is 1.71 bits per heavy atom. The van der Waals surface area contributed by atoms with Crippen LogP contribution in [0.3, 0.4) is 0 Å². The number of halogens is 1. The Labute approximate surface area is 285 Å². The molecule has 15 heteroatoms. The standard InChI is InChI=1S/C34H46FN9O5/c1-6-44-27(13-14-36-44)31(45)39-30(23-9-7-20(2)8-10-23)33(47)37-26-12-11-24(19-25(26)35)21(3)28(34(48)43-17-15-42(5)16-18-43)38-32(46)29-22(4)40-49-41-29/h11-14,19-21,23,28,30H,6-10,15-18H2,1-5H3,(H,37,47)(H,38,46)(H,39,45)/t20-,21-,23-,28+,30-/m0/s1. The maximum Gasteiger partial charge on any atom is 0.276 e. The Balaban J connectivity index is 1.35. The van der Waals surface area contributed by atoms with Crippen molar-refractivity contribution in [2.24, 2.45) is 11.8 Å². The molecule has 0 spiro atoms. The second-order valence-corrected chi connectivity index (χ2v) is 13.3. The van der Waals surface area contributed by atoms with E-state index >= 15 is 4.39 Å². The van der Waals surface area contributed by atoms with E-state index in [0.29, 0.717) is 49.9 Å². The number of carbonyl (C=O) groups is 4. The molecule has 2 aliphatic rings. The van der Waals surface area contributed by atoms with Crippen LogP contribution in [0, 0.1) is 24.6 Å². The highest BCUT2D eigenvalue weighted by Gasteiger charge is 2.36. The first kappa shape index (κ1) is 35.6. The van der Waals surface area contributed by atoms with Gasteiger partial charge in [-0.25, -0.2) is 9.02 Å². The normalized spacial score (nSPS) is 20.2. The number of rotatable bonds is 11. The first-order chi connectivity index (χ1) is 23.5. The molecular formula is C34H46FN9O5. The SMILES string of the molecule is CCn1nccc1C(=O)N[C@H](C(=O)Nc1ccc([C@H](C)[C@@H](NC(=O)c2nonc2C)C(=O)N2CCN(C)CC2)cc1F)[C@H]1CC[C@H](C)CC1. The molecule has 3 heterocycles. The van der Waals surface area contributed by atoms with Gasteiger partial charge in [0, 0.05) is 44.8 Å². The fourth-order valence-electron chi connectivity index (χ4n) is 6.60. The number of hydrogen-bond acceptors (Lipinski definition) is 9. The van der Waals surface area contributed by atoms with Crippen molar-refractivity contribution in [1.29, 1.82) is 0 Å². The fourth-order valence-corrected chi connectivity index (χ4v) is 6.60. The molecule has 264 valence electrons. The van der Waals surface area contributed by atoms with Crippen molar-refractivity contribution in [3.63, 3.8) is 0 Å². The molecule has 49 heavy (non-hydrogen) atoms. The summed E-state index contributed by atoms with van der Waals surface area (Å²) in [6.45, 7) is 10.2. The molecule has 1 aliphatic carbocycles. The smallest absolute Gasteiger partial charge is 0.276 e. The molecular weight excluding hydrogens is 633 g/mol. The molecule has 3 N–H and O–H groups in total. The number of nitrogens with one attached hydrogen (secondary N) is 3. The third-order valence-corrected chi connectivity index (χ3v) is 9.86. The minimum Gasteiger partial charge on any atom is -0.339 e. The Bertz CT molecular complexity index is 1640.